The molecule has 0 aliphatic heterocycles. The smallest absolute Gasteiger partial charge is 0.150 e. The lowest BCUT2D eigenvalue weighted by Gasteiger charge is -2.10. The third kappa shape index (κ3) is 3.52. The first-order valence-electron chi connectivity index (χ1n) is 8.73. The van der Waals surface area contributed by atoms with E-state index >= 15 is 0 Å². The van der Waals surface area contributed by atoms with Crippen molar-refractivity contribution in [2.24, 2.45) is 0 Å². The average Bonchev–Trinajstić information content (AvgIpc) is 3.07. The topological polar surface area (TPSA) is 63.0 Å². The van der Waals surface area contributed by atoms with Gasteiger partial charge in [-0.15, -0.1) is 0 Å². The first-order valence-corrected chi connectivity index (χ1v) is 9.10. The number of rotatable bonds is 5. The maximum Gasteiger partial charge on any atom is 0.150 e. The highest BCUT2D eigenvalue weighted by molar-refractivity contribution is 6.30. The molecule has 27 heavy (non-hydrogen) atoms. The molecular weight excluding hydrogens is 360 g/mol. The van der Waals surface area contributed by atoms with Gasteiger partial charge < -0.3 is 15.0 Å². The second-order valence-electron chi connectivity index (χ2n) is 6.41. The molecule has 5 nitrogen and oxygen atoms in total. The Bertz CT molecular complexity index is 1080. The van der Waals surface area contributed by atoms with Crippen LogP contribution in [0.1, 0.15) is 6.92 Å². The number of hydrogen-bond acceptors (Lipinski definition) is 4. The number of halogens is 1. The van der Waals surface area contributed by atoms with Gasteiger partial charge in [-0.2, -0.15) is 0 Å². The van der Waals surface area contributed by atoms with Crippen LogP contribution in [-0.2, 0) is 0 Å². The molecule has 0 spiro atoms. The number of nitrogens with one attached hydrogen (secondary N) is 1. The molecule has 0 fully saturated rings. The minimum absolute atomic E-state index is 0.405. The van der Waals surface area contributed by atoms with Crippen molar-refractivity contribution in [1.82, 2.24) is 14.5 Å². The molecule has 0 saturated heterocycles. The maximum absolute atomic E-state index is 9.66. The lowest BCUT2D eigenvalue weighted by molar-refractivity contribution is 0.208. The van der Waals surface area contributed by atoms with Gasteiger partial charge in [0.25, 0.3) is 0 Å². The molecule has 0 bridgehead atoms. The van der Waals surface area contributed by atoms with E-state index in [1.165, 1.54) is 6.33 Å². The van der Waals surface area contributed by atoms with Gasteiger partial charge in [-0.1, -0.05) is 48.0 Å². The van der Waals surface area contributed by atoms with E-state index in [0.29, 0.717) is 17.4 Å². The molecule has 1 unspecified atom stereocenters. The molecule has 0 aliphatic carbocycles. The van der Waals surface area contributed by atoms with Gasteiger partial charge in [0.2, 0.25) is 0 Å². The van der Waals surface area contributed by atoms with Gasteiger partial charge >= 0.3 is 0 Å². The Balaban J connectivity index is 1.97. The second kappa shape index (κ2) is 7.39. The van der Waals surface area contributed by atoms with Crippen LogP contribution in [0, 0.1) is 0 Å². The summed E-state index contributed by atoms with van der Waals surface area (Å²) in [6, 6.07) is 17.8. The summed E-state index contributed by atoms with van der Waals surface area (Å²) < 4.78 is 2.01. The molecule has 1 atom stereocenters. The van der Waals surface area contributed by atoms with Crippen LogP contribution in [-0.4, -0.2) is 32.3 Å². The molecule has 2 heterocycles. The van der Waals surface area contributed by atoms with Crippen LogP contribution in [0.25, 0.3) is 27.8 Å². The molecule has 4 aromatic rings. The molecular formula is C21H19ClN4O. The van der Waals surface area contributed by atoms with Crippen molar-refractivity contribution in [2.75, 3.05) is 11.9 Å². The van der Waals surface area contributed by atoms with Crippen molar-refractivity contribution >= 4 is 28.5 Å². The second-order valence-corrected chi connectivity index (χ2v) is 6.85. The molecule has 4 rings (SSSR count). The lowest BCUT2D eigenvalue weighted by Crippen LogP contribution is -2.16. The molecule has 2 N–H and O–H groups in total. The molecule has 0 amide bonds. The fourth-order valence-corrected chi connectivity index (χ4v) is 3.28. The number of nitrogens with zero attached hydrogens (tertiary/aromatic N) is 3. The monoisotopic (exact) mass is 378 g/mol. The SMILES string of the molecule is CC(O)CNc1ncnc2c1c(-c1ccccc1)cn2-c1cccc(Cl)c1. The predicted molar refractivity (Wildman–Crippen MR) is 109 cm³/mol. The predicted octanol–water partition coefficient (Wildman–Crippen LogP) is 4.53. The quantitative estimate of drug-likeness (QED) is 0.535. The number of benzene rings is 2. The third-order valence-corrected chi connectivity index (χ3v) is 4.55. The summed E-state index contributed by atoms with van der Waals surface area (Å²) in [5.74, 6) is 0.695. The van der Waals surface area contributed by atoms with E-state index in [1.54, 1.807) is 6.92 Å². The van der Waals surface area contributed by atoms with E-state index in [1.807, 2.05) is 53.2 Å². The van der Waals surface area contributed by atoms with Crippen molar-refractivity contribution in [3.8, 4) is 16.8 Å². The minimum Gasteiger partial charge on any atom is -0.392 e. The normalized spacial score (nSPS) is 12.3. The summed E-state index contributed by atoms with van der Waals surface area (Å²) in [6.45, 7) is 2.14. The Morgan fingerprint density at radius 3 is 2.67 bits per heavy atom. The van der Waals surface area contributed by atoms with Gasteiger partial charge in [-0.05, 0) is 30.7 Å². The molecule has 6 heteroatoms. The molecule has 0 radical (unpaired) electrons. The van der Waals surface area contributed by atoms with E-state index in [4.69, 9.17) is 11.6 Å². The largest absolute Gasteiger partial charge is 0.392 e. The Hall–Kier alpha value is -2.89. The molecule has 0 aliphatic rings. The number of anilines is 1. The number of aliphatic hydroxyl groups is 1. The van der Waals surface area contributed by atoms with E-state index in [0.717, 1.165) is 27.8 Å². The third-order valence-electron chi connectivity index (χ3n) is 4.32. The van der Waals surface area contributed by atoms with Crippen molar-refractivity contribution in [1.29, 1.82) is 0 Å². The van der Waals surface area contributed by atoms with Crippen LogP contribution in [0.4, 0.5) is 5.82 Å². The summed E-state index contributed by atoms with van der Waals surface area (Å²) in [5, 5.41) is 14.5. The number of hydrogen-bond donors (Lipinski definition) is 2. The fourth-order valence-electron chi connectivity index (χ4n) is 3.10. The molecule has 136 valence electrons. The number of aromatic nitrogens is 3. The van der Waals surface area contributed by atoms with Gasteiger partial charge in [0, 0.05) is 29.0 Å². The summed E-state index contributed by atoms with van der Waals surface area (Å²) in [6.07, 6.45) is 3.10. The highest BCUT2D eigenvalue weighted by Crippen LogP contribution is 2.35. The maximum atomic E-state index is 9.66. The van der Waals surface area contributed by atoms with Crippen LogP contribution in [0.2, 0.25) is 5.02 Å². The molecule has 0 saturated carbocycles. The van der Waals surface area contributed by atoms with E-state index in [-0.39, 0.29) is 0 Å². The Labute approximate surface area is 162 Å². The van der Waals surface area contributed by atoms with E-state index in [9.17, 15) is 5.11 Å². The van der Waals surface area contributed by atoms with Crippen molar-refractivity contribution in [3.63, 3.8) is 0 Å². The van der Waals surface area contributed by atoms with Crippen molar-refractivity contribution in [3.05, 3.63) is 72.1 Å². The number of aliphatic hydroxyl groups excluding tert-OH is 1. The standard InChI is InChI=1S/C21H19ClN4O/c1-14(27)11-23-20-19-18(15-6-3-2-4-7-15)12-26(21(19)25-13-24-20)17-9-5-8-16(22)10-17/h2-10,12-14,27H,11H2,1H3,(H,23,24,25). The zero-order chi connectivity index (χ0) is 18.8. The highest BCUT2D eigenvalue weighted by Gasteiger charge is 2.17. The lowest BCUT2D eigenvalue weighted by atomic mass is 10.1. The summed E-state index contributed by atoms with van der Waals surface area (Å²) in [7, 11) is 0. The van der Waals surface area contributed by atoms with Crippen LogP contribution in [0.3, 0.4) is 0 Å². The van der Waals surface area contributed by atoms with Crippen LogP contribution >= 0.6 is 11.6 Å². The Kier molecular flexibility index (Phi) is 4.79. The van der Waals surface area contributed by atoms with E-state index < -0.39 is 6.10 Å². The van der Waals surface area contributed by atoms with Crippen LogP contribution < -0.4 is 5.32 Å². The van der Waals surface area contributed by atoms with Crippen LogP contribution in [0.5, 0.6) is 0 Å². The Morgan fingerprint density at radius 1 is 1.11 bits per heavy atom. The summed E-state index contributed by atoms with van der Waals surface area (Å²) in [4.78, 5) is 8.94. The fraction of sp³-hybridized carbons (Fsp3) is 0.143. The molecule has 2 aromatic heterocycles. The van der Waals surface area contributed by atoms with Crippen LogP contribution in [0.15, 0.2) is 67.1 Å². The number of fused-ring (bicyclic) bond motifs is 1. The van der Waals surface area contributed by atoms with Crippen molar-refractivity contribution in [2.45, 2.75) is 13.0 Å². The van der Waals surface area contributed by atoms with Gasteiger partial charge in [0.1, 0.15) is 12.1 Å². The van der Waals surface area contributed by atoms with Gasteiger partial charge in [0.05, 0.1) is 11.5 Å². The first kappa shape index (κ1) is 17.5. The minimum atomic E-state index is -0.481. The zero-order valence-electron chi connectivity index (χ0n) is 14.8. The summed E-state index contributed by atoms with van der Waals surface area (Å²) in [5.41, 5.74) is 3.78. The van der Waals surface area contributed by atoms with Gasteiger partial charge in [0.15, 0.2) is 5.65 Å². The van der Waals surface area contributed by atoms with Gasteiger partial charge in [-0.25, -0.2) is 9.97 Å². The molecule has 2 aromatic carbocycles. The summed E-state index contributed by atoms with van der Waals surface area (Å²) >= 11 is 6.20. The first-order chi connectivity index (χ1) is 13.1. The highest BCUT2D eigenvalue weighted by atomic mass is 35.5. The zero-order valence-corrected chi connectivity index (χ0v) is 15.6. The van der Waals surface area contributed by atoms with Gasteiger partial charge in [-0.3, -0.25) is 0 Å². The van der Waals surface area contributed by atoms with E-state index in [2.05, 4.69) is 27.4 Å². The average molecular weight is 379 g/mol. The Morgan fingerprint density at radius 2 is 1.93 bits per heavy atom. The van der Waals surface area contributed by atoms with Crippen molar-refractivity contribution < 1.29 is 5.11 Å².